The van der Waals surface area contributed by atoms with Gasteiger partial charge in [-0.15, -0.1) is 0 Å². The van der Waals surface area contributed by atoms with E-state index in [0.717, 1.165) is 21.8 Å². The van der Waals surface area contributed by atoms with E-state index in [0.29, 0.717) is 0 Å². The van der Waals surface area contributed by atoms with E-state index in [2.05, 4.69) is 61.6 Å². The first-order valence-corrected chi connectivity index (χ1v) is 7.71. The van der Waals surface area contributed by atoms with Gasteiger partial charge < -0.3 is 0 Å². The monoisotopic (exact) mass is 382 g/mol. The molecule has 0 spiro atoms. The molecule has 1 atom stereocenters. The first kappa shape index (κ1) is 14.7. The van der Waals surface area contributed by atoms with Crippen molar-refractivity contribution in [3.8, 4) is 0 Å². The van der Waals surface area contributed by atoms with E-state index in [4.69, 9.17) is 5.84 Å². The molecule has 0 aliphatic rings. The third-order valence-electron chi connectivity index (χ3n) is 3.03. The maximum atomic E-state index is 5.68. The Bertz CT molecular complexity index is 543. The van der Waals surface area contributed by atoms with E-state index in [1.165, 1.54) is 11.1 Å². The fourth-order valence-corrected chi connectivity index (χ4v) is 2.96. The number of nitrogens with one attached hydrogen (secondary N) is 1. The van der Waals surface area contributed by atoms with Crippen molar-refractivity contribution in [2.24, 2.45) is 5.84 Å². The molecule has 0 saturated carbocycles. The quantitative estimate of drug-likeness (QED) is 0.608. The summed E-state index contributed by atoms with van der Waals surface area (Å²) in [6.45, 7) is 0. The van der Waals surface area contributed by atoms with Crippen LogP contribution in [0.25, 0.3) is 0 Å². The van der Waals surface area contributed by atoms with Crippen molar-refractivity contribution in [1.29, 1.82) is 0 Å². The molecule has 4 heteroatoms. The van der Waals surface area contributed by atoms with Crippen molar-refractivity contribution < 1.29 is 0 Å². The molecule has 2 rings (SSSR count). The summed E-state index contributed by atoms with van der Waals surface area (Å²) in [6.07, 6.45) is 1.79. The lowest BCUT2D eigenvalue weighted by Crippen LogP contribution is -2.38. The lowest BCUT2D eigenvalue weighted by molar-refractivity contribution is 0.522. The lowest BCUT2D eigenvalue weighted by Gasteiger charge is -2.17. The van der Waals surface area contributed by atoms with Crippen molar-refractivity contribution in [2.45, 2.75) is 18.9 Å². The molecule has 1 unspecified atom stereocenters. The SMILES string of the molecule is NNC(Cc1cccc(Br)c1)Cc1ccccc1Br. The van der Waals surface area contributed by atoms with Crippen LogP contribution < -0.4 is 11.3 Å². The van der Waals surface area contributed by atoms with Gasteiger partial charge in [-0.05, 0) is 42.2 Å². The van der Waals surface area contributed by atoms with Gasteiger partial charge in [-0.1, -0.05) is 62.2 Å². The second-order valence-corrected chi connectivity index (χ2v) is 6.26. The molecule has 0 heterocycles. The topological polar surface area (TPSA) is 38.0 Å². The zero-order valence-electron chi connectivity index (χ0n) is 10.4. The molecule has 2 nitrogen and oxygen atoms in total. The number of halogens is 2. The molecule has 3 N–H and O–H groups in total. The van der Waals surface area contributed by atoms with Gasteiger partial charge in [-0.25, -0.2) is 0 Å². The van der Waals surface area contributed by atoms with Crippen LogP contribution in [0.5, 0.6) is 0 Å². The zero-order chi connectivity index (χ0) is 13.7. The number of hydrogen-bond donors (Lipinski definition) is 2. The first-order chi connectivity index (χ1) is 9.19. The van der Waals surface area contributed by atoms with Gasteiger partial charge in [0.25, 0.3) is 0 Å². The number of hydrogen-bond acceptors (Lipinski definition) is 2. The van der Waals surface area contributed by atoms with Crippen LogP contribution in [0.2, 0.25) is 0 Å². The van der Waals surface area contributed by atoms with Crippen LogP contribution in [-0.2, 0) is 12.8 Å². The molecule has 0 bridgehead atoms. The van der Waals surface area contributed by atoms with Crippen molar-refractivity contribution >= 4 is 31.9 Å². The summed E-state index contributed by atoms with van der Waals surface area (Å²) in [4.78, 5) is 0. The molecule has 0 aliphatic carbocycles. The van der Waals surface area contributed by atoms with E-state index in [-0.39, 0.29) is 6.04 Å². The molecule has 0 fully saturated rings. The molecule has 0 amide bonds. The Morgan fingerprint density at radius 3 is 2.47 bits per heavy atom. The minimum atomic E-state index is 0.216. The summed E-state index contributed by atoms with van der Waals surface area (Å²) < 4.78 is 2.23. The summed E-state index contributed by atoms with van der Waals surface area (Å²) in [7, 11) is 0. The molecule has 0 radical (unpaired) electrons. The minimum absolute atomic E-state index is 0.216. The number of benzene rings is 2. The largest absolute Gasteiger partial charge is 0.271 e. The van der Waals surface area contributed by atoms with E-state index in [9.17, 15) is 0 Å². The number of nitrogens with two attached hydrogens (primary N) is 1. The van der Waals surface area contributed by atoms with Crippen LogP contribution in [0, 0.1) is 0 Å². The summed E-state index contributed by atoms with van der Waals surface area (Å²) in [6, 6.07) is 16.8. The predicted molar refractivity (Wildman–Crippen MR) is 86.8 cm³/mol. The van der Waals surface area contributed by atoms with Crippen molar-refractivity contribution in [3.63, 3.8) is 0 Å². The third kappa shape index (κ3) is 4.42. The average molecular weight is 384 g/mol. The van der Waals surface area contributed by atoms with Crippen LogP contribution >= 0.6 is 31.9 Å². The molecular weight excluding hydrogens is 368 g/mol. The van der Waals surface area contributed by atoms with Gasteiger partial charge in [0.15, 0.2) is 0 Å². The Labute approximate surface area is 130 Å². The standard InChI is InChI=1S/C15H16Br2N2/c16-13-6-3-4-11(8-13)9-14(19-18)10-12-5-1-2-7-15(12)17/h1-8,14,19H,9-10,18H2. The third-order valence-corrected chi connectivity index (χ3v) is 4.30. The second-order valence-electron chi connectivity index (χ2n) is 4.49. The van der Waals surface area contributed by atoms with Crippen LogP contribution in [0.15, 0.2) is 57.5 Å². The van der Waals surface area contributed by atoms with Crippen LogP contribution in [0.4, 0.5) is 0 Å². The molecule has 100 valence electrons. The number of rotatable bonds is 5. The molecule has 0 aliphatic heterocycles. The fourth-order valence-electron chi connectivity index (χ4n) is 2.07. The van der Waals surface area contributed by atoms with E-state index in [1.807, 2.05) is 24.3 Å². The maximum absolute atomic E-state index is 5.68. The van der Waals surface area contributed by atoms with E-state index in [1.54, 1.807) is 0 Å². The lowest BCUT2D eigenvalue weighted by atomic mass is 9.99. The summed E-state index contributed by atoms with van der Waals surface area (Å²) in [5.41, 5.74) is 5.44. The Kier molecular flexibility index (Phi) is 5.58. The zero-order valence-corrected chi connectivity index (χ0v) is 13.6. The first-order valence-electron chi connectivity index (χ1n) is 6.13. The van der Waals surface area contributed by atoms with Crippen molar-refractivity contribution in [2.75, 3.05) is 0 Å². The van der Waals surface area contributed by atoms with Gasteiger partial charge in [-0.2, -0.15) is 0 Å². The molecule has 0 aromatic heterocycles. The molecule has 2 aromatic rings. The Morgan fingerprint density at radius 1 is 1.00 bits per heavy atom. The highest BCUT2D eigenvalue weighted by Gasteiger charge is 2.10. The highest BCUT2D eigenvalue weighted by atomic mass is 79.9. The number of hydrazine groups is 1. The summed E-state index contributed by atoms with van der Waals surface area (Å²) in [5.74, 6) is 5.68. The van der Waals surface area contributed by atoms with Gasteiger partial charge in [0.1, 0.15) is 0 Å². The second kappa shape index (κ2) is 7.20. The molecule has 0 saturated heterocycles. The highest BCUT2D eigenvalue weighted by molar-refractivity contribution is 9.10. The minimum Gasteiger partial charge on any atom is -0.271 e. The van der Waals surface area contributed by atoms with Gasteiger partial charge in [0.2, 0.25) is 0 Å². The van der Waals surface area contributed by atoms with Gasteiger partial charge in [0.05, 0.1) is 0 Å². The smallest absolute Gasteiger partial charge is 0.0291 e. The maximum Gasteiger partial charge on any atom is 0.0291 e. The van der Waals surface area contributed by atoms with Crippen LogP contribution in [0.1, 0.15) is 11.1 Å². The molecule has 2 aromatic carbocycles. The molecular formula is C15H16Br2N2. The highest BCUT2D eigenvalue weighted by Crippen LogP contribution is 2.19. The van der Waals surface area contributed by atoms with E-state index >= 15 is 0 Å². The molecule has 19 heavy (non-hydrogen) atoms. The average Bonchev–Trinajstić information content (AvgIpc) is 2.40. The van der Waals surface area contributed by atoms with Crippen LogP contribution in [0.3, 0.4) is 0 Å². The normalized spacial score (nSPS) is 12.4. The van der Waals surface area contributed by atoms with Gasteiger partial charge >= 0.3 is 0 Å². The summed E-state index contributed by atoms with van der Waals surface area (Å²) >= 11 is 7.07. The van der Waals surface area contributed by atoms with Gasteiger partial charge in [0, 0.05) is 15.0 Å². The Hall–Kier alpha value is -0.680. The van der Waals surface area contributed by atoms with Crippen molar-refractivity contribution in [1.82, 2.24) is 5.43 Å². The fraction of sp³-hybridized carbons (Fsp3) is 0.200. The summed E-state index contributed by atoms with van der Waals surface area (Å²) in [5, 5.41) is 0. The Morgan fingerprint density at radius 2 is 1.79 bits per heavy atom. The van der Waals surface area contributed by atoms with Crippen LogP contribution in [-0.4, -0.2) is 6.04 Å². The van der Waals surface area contributed by atoms with E-state index < -0.39 is 0 Å². The predicted octanol–water partition coefficient (Wildman–Crippen LogP) is 3.83. The Balaban J connectivity index is 2.07. The van der Waals surface area contributed by atoms with Gasteiger partial charge in [-0.3, -0.25) is 11.3 Å². The van der Waals surface area contributed by atoms with Crippen molar-refractivity contribution in [3.05, 3.63) is 68.6 Å².